The molecule has 2 aliphatic heterocycles. The molecule has 3 aromatic rings. The van der Waals surface area contributed by atoms with E-state index in [-0.39, 0.29) is 12.7 Å². The van der Waals surface area contributed by atoms with Crippen molar-refractivity contribution >= 4 is 38.7 Å². The highest BCUT2D eigenvalue weighted by Crippen LogP contribution is 2.38. The molecule has 136 valence electrons. The molecule has 7 nitrogen and oxygen atoms in total. The Bertz CT molecular complexity index is 1030. The Morgan fingerprint density at radius 1 is 1.00 bits per heavy atom. The molecule has 0 aliphatic carbocycles. The predicted molar refractivity (Wildman–Crippen MR) is 101 cm³/mol. The summed E-state index contributed by atoms with van der Waals surface area (Å²) in [5.74, 6) is 2.51. The van der Waals surface area contributed by atoms with Crippen LogP contribution in [0.1, 0.15) is 5.56 Å². The Morgan fingerprint density at radius 2 is 1.78 bits per heavy atom. The summed E-state index contributed by atoms with van der Waals surface area (Å²) in [6.45, 7) is 1.28. The molecular weight excluding hydrogens is 368 g/mol. The van der Waals surface area contributed by atoms with Crippen molar-refractivity contribution in [3.63, 3.8) is 0 Å². The first-order valence-corrected chi connectivity index (χ1v) is 9.15. The van der Waals surface area contributed by atoms with E-state index in [9.17, 15) is 4.79 Å². The largest absolute Gasteiger partial charge is 0.486 e. The highest BCUT2D eigenvalue weighted by Gasteiger charge is 2.16. The van der Waals surface area contributed by atoms with Gasteiger partial charge in [0.25, 0.3) is 0 Å². The number of benzene rings is 2. The number of carbonyl (C=O) groups is 1. The Hall–Kier alpha value is -3.26. The van der Waals surface area contributed by atoms with Crippen LogP contribution in [0.5, 0.6) is 23.0 Å². The number of nitrogens with zero attached hydrogens (tertiary/aromatic N) is 1. The Morgan fingerprint density at radius 3 is 2.67 bits per heavy atom. The number of rotatable bonds is 3. The third kappa shape index (κ3) is 3.15. The predicted octanol–water partition coefficient (Wildman–Crippen LogP) is 3.45. The zero-order valence-electron chi connectivity index (χ0n) is 14.1. The zero-order valence-corrected chi connectivity index (χ0v) is 14.9. The van der Waals surface area contributed by atoms with Crippen molar-refractivity contribution in [1.82, 2.24) is 4.98 Å². The van der Waals surface area contributed by atoms with Crippen molar-refractivity contribution in [1.29, 1.82) is 0 Å². The second-order valence-electron chi connectivity index (χ2n) is 5.92. The molecule has 0 saturated heterocycles. The molecule has 1 aromatic heterocycles. The molecule has 2 aromatic carbocycles. The second kappa shape index (κ2) is 6.48. The van der Waals surface area contributed by atoms with Crippen molar-refractivity contribution in [3.05, 3.63) is 42.0 Å². The van der Waals surface area contributed by atoms with E-state index >= 15 is 0 Å². The summed E-state index contributed by atoms with van der Waals surface area (Å²) in [5.41, 5.74) is 1.61. The normalized spacial score (nSPS) is 14.7. The van der Waals surface area contributed by atoms with Crippen LogP contribution >= 0.6 is 11.3 Å². The van der Waals surface area contributed by atoms with Crippen LogP contribution in [0.3, 0.4) is 0 Å². The Balaban J connectivity index is 1.31. The summed E-state index contributed by atoms with van der Waals surface area (Å²) in [6, 6.07) is 9.23. The molecule has 27 heavy (non-hydrogen) atoms. The van der Waals surface area contributed by atoms with Gasteiger partial charge in [0.1, 0.15) is 13.2 Å². The quantitative estimate of drug-likeness (QED) is 0.699. The minimum atomic E-state index is -0.260. The first-order valence-electron chi connectivity index (χ1n) is 8.33. The van der Waals surface area contributed by atoms with Crippen LogP contribution in [-0.4, -0.2) is 30.9 Å². The summed E-state index contributed by atoms with van der Waals surface area (Å²) in [4.78, 5) is 16.7. The fourth-order valence-corrected chi connectivity index (χ4v) is 3.73. The molecule has 0 fully saturated rings. The van der Waals surface area contributed by atoms with Gasteiger partial charge in [0.05, 0.1) is 10.2 Å². The van der Waals surface area contributed by atoms with Gasteiger partial charge in [-0.3, -0.25) is 10.1 Å². The number of anilines is 1. The standard InChI is InChI=1S/C19H14N2O5S/c22-18(4-2-11-1-3-13-14(7-11)26-10-25-13)21-19-20-12-8-15-16(9-17(12)27-19)24-6-5-23-15/h1-4,7-9H,5-6,10H2,(H,20,21,22)/b4-2-. The van der Waals surface area contributed by atoms with Gasteiger partial charge in [-0.15, -0.1) is 0 Å². The van der Waals surface area contributed by atoms with Crippen molar-refractivity contribution in [2.24, 2.45) is 0 Å². The topological polar surface area (TPSA) is 78.9 Å². The van der Waals surface area contributed by atoms with Crippen LogP contribution in [0, 0.1) is 0 Å². The number of hydrogen-bond acceptors (Lipinski definition) is 7. The number of aromatic nitrogens is 1. The van der Waals surface area contributed by atoms with Crippen LogP contribution in [0.15, 0.2) is 36.4 Å². The average Bonchev–Trinajstić information content (AvgIpc) is 3.29. The summed E-state index contributed by atoms with van der Waals surface area (Å²) in [5, 5.41) is 3.31. The van der Waals surface area contributed by atoms with Gasteiger partial charge in [0.2, 0.25) is 12.7 Å². The highest BCUT2D eigenvalue weighted by atomic mass is 32.1. The Labute approximate surface area is 158 Å². The lowest BCUT2D eigenvalue weighted by Crippen LogP contribution is -2.15. The van der Waals surface area contributed by atoms with Gasteiger partial charge in [0.15, 0.2) is 28.1 Å². The van der Waals surface area contributed by atoms with Crippen molar-refractivity contribution in [3.8, 4) is 23.0 Å². The van der Waals surface area contributed by atoms with Gasteiger partial charge in [-0.1, -0.05) is 17.4 Å². The number of amides is 1. The van der Waals surface area contributed by atoms with Crippen molar-refractivity contribution in [2.75, 3.05) is 25.3 Å². The number of ether oxygens (including phenoxy) is 4. The van der Waals surface area contributed by atoms with E-state index in [1.807, 2.05) is 30.3 Å². The molecule has 0 radical (unpaired) electrons. The van der Waals surface area contributed by atoms with E-state index in [1.54, 1.807) is 6.08 Å². The average molecular weight is 382 g/mol. The van der Waals surface area contributed by atoms with E-state index in [0.717, 1.165) is 15.8 Å². The minimum absolute atomic E-state index is 0.222. The first kappa shape index (κ1) is 16.0. The summed E-state index contributed by atoms with van der Waals surface area (Å²) < 4.78 is 22.7. The van der Waals surface area contributed by atoms with E-state index in [0.29, 0.717) is 41.3 Å². The number of hydrogen-bond donors (Lipinski definition) is 1. The lowest BCUT2D eigenvalue weighted by Gasteiger charge is -2.17. The fraction of sp³-hybridized carbons (Fsp3) is 0.158. The molecule has 0 saturated carbocycles. The van der Waals surface area contributed by atoms with Crippen LogP contribution in [0.2, 0.25) is 0 Å². The maximum absolute atomic E-state index is 12.2. The molecule has 2 aliphatic rings. The lowest BCUT2D eigenvalue weighted by molar-refractivity contribution is -0.111. The van der Waals surface area contributed by atoms with Crippen LogP contribution in [0.25, 0.3) is 16.3 Å². The number of nitrogens with one attached hydrogen (secondary N) is 1. The fourth-order valence-electron chi connectivity index (χ4n) is 2.85. The molecule has 8 heteroatoms. The molecule has 5 rings (SSSR count). The SMILES string of the molecule is O=C(/C=C\c1ccc2c(c1)OCO2)Nc1nc2cc3c(cc2s1)OCCO3. The highest BCUT2D eigenvalue weighted by molar-refractivity contribution is 7.22. The first-order chi connectivity index (χ1) is 13.2. The van der Waals surface area contributed by atoms with E-state index in [4.69, 9.17) is 18.9 Å². The van der Waals surface area contributed by atoms with Gasteiger partial charge < -0.3 is 18.9 Å². The monoisotopic (exact) mass is 382 g/mol. The molecule has 3 heterocycles. The van der Waals surface area contributed by atoms with Gasteiger partial charge in [0, 0.05) is 18.2 Å². The maximum atomic E-state index is 12.2. The molecular formula is C19H14N2O5S. The van der Waals surface area contributed by atoms with Gasteiger partial charge in [-0.25, -0.2) is 4.98 Å². The Kier molecular flexibility index (Phi) is 3.83. The second-order valence-corrected chi connectivity index (χ2v) is 6.95. The third-order valence-electron chi connectivity index (χ3n) is 4.11. The van der Waals surface area contributed by atoms with Crippen LogP contribution in [-0.2, 0) is 4.79 Å². The summed E-state index contributed by atoms with van der Waals surface area (Å²) in [7, 11) is 0. The zero-order chi connectivity index (χ0) is 18.2. The van der Waals surface area contributed by atoms with Gasteiger partial charge >= 0.3 is 0 Å². The van der Waals surface area contributed by atoms with Crippen LogP contribution < -0.4 is 24.3 Å². The molecule has 1 amide bonds. The van der Waals surface area contributed by atoms with Gasteiger partial charge in [-0.05, 0) is 23.8 Å². The molecule has 1 N–H and O–H groups in total. The van der Waals surface area contributed by atoms with E-state index < -0.39 is 0 Å². The smallest absolute Gasteiger partial charge is 0.250 e. The molecule has 0 unspecified atom stereocenters. The molecule has 0 bridgehead atoms. The van der Waals surface area contributed by atoms with E-state index in [2.05, 4.69) is 10.3 Å². The van der Waals surface area contributed by atoms with E-state index in [1.165, 1.54) is 17.4 Å². The third-order valence-corrected chi connectivity index (χ3v) is 5.04. The summed E-state index contributed by atoms with van der Waals surface area (Å²) >= 11 is 1.39. The maximum Gasteiger partial charge on any atom is 0.250 e. The van der Waals surface area contributed by atoms with Crippen LogP contribution in [0.4, 0.5) is 5.13 Å². The number of thiazole rings is 1. The van der Waals surface area contributed by atoms with Crippen molar-refractivity contribution < 1.29 is 23.7 Å². The lowest BCUT2D eigenvalue weighted by atomic mass is 10.2. The summed E-state index contributed by atoms with van der Waals surface area (Å²) in [6.07, 6.45) is 3.17. The van der Waals surface area contributed by atoms with Crippen molar-refractivity contribution in [2.45, 2.75) is 0 Å². The molecule has 0 spiro atoms. The number of carbonyl (C=O) groups excluding carboxylic acids is 1. The number of fused-ring (bicyclic) bond motifs is 3. The van der Waals surface area contributed by atoms with Gasteiger partial charge in [-0.2, -0.15) is 0 Å². The molecule has 0 atom stereocenters. The minimum Gasteiger partial charge on any atom is -0.486 e.